The van der Waals surface area contributed by atoms with Gasteiger partial charge in [-0.3, -0.25) is 4.79 Å². The maximum Gasteiger partial charge on any atom is 0.163 e. The third-order valence-electron chi connectivity index (χ3n) is 3.25. The predicted octanol–water partition coefficient (Wildman–Crippen LogP) is 3.89. The van der Waals surface area contributed by atoms with E-state index in [1.165, 1.54) is 10.4 Å². The van der Waals surface area contributed by atoms with Crippen molar-refractivity contribution in [3.05, 3.63) is 45.6 Å². The van der Waals surface area contributed by atoms with E-state index in [2.05, 4.69) is 18.4 Å². The Kier molecular flexibility index (Phi) is 4.79. The zero-order valence-corrected chi connectivity index (χ0v) is 12.8. The molecule has 0 unspecified atom stereocenters. The Morgan fingerprint density at radius 1 is 1.15 bits per heavy atom. The van der Waals surface area contributed by atoms with Gasteiger partial charge in [-0.1, -0.05) is 0 Å². The Morgan fingerprint density at radius 3 is 2.50 bits per heavy atom. The highest BCUT2D eigenvalue weighted by Gasteiger charge is 2.11. The van der Waals surface area contributed by atoms with Crippen molar-refractivity contribution in [1.82, 2.24) is 0 Å². The summed E-state index contributed by atoms with van der Waals surface area (Å²) in [5, 5.41) is 2.06. The second kappa shape index (κ2) is 6.57. The van der Waals surface area contributed by atoms with Gasteiger partial charge in [0, 0.05) is 16.9 Å². The van der Waals surface area contributed by atoms with Gasteiger partial charge >= 0.3 is 0 Å². The fourth-order valence-corrected chi connectivity index (χ4v) is 2.95. The molecule has 0 bridgehead atoms. The number of hydrogen-bond donors (Lipinski definition) is 0. The van der Waals surface area contributed by atoms with Gasteiger partial charge in [0.05, 0.1) is 14.2 Å². The Morgan fingerprint density at radius 2 is 1.90 bits per heavy atom. The summed E-state index contributed by atoms with van der Waals surface area (Å²) in [7, 11) is 3.15. The van der Waals surface area contributed by atoms with Crippen LogP contribution in [-0.4, -0.2) is 20.0 Å². The van der Waals surface area contributed by atoms with E-state index in [4.69, 9.17) is 9.47 Å². The molecule has 0 saturated carbocycles. The van der Waals surface area contributed by atoms with Crippen molar-refractivity contribution >= 4 is 17.1 Å². The lowest BCUT2D eigenvalue weighted by atomic mass is 10.0. The minimum absolute atomic E-state index is 0.124. The Hall–Kier alpha value is -1.81. The molecule has 0 N–H and O–H groups in total. The molecule has 0 spiro atoms. The first-order chi connectivity index (χ1) is 9.65. The van der Waals surface area contributed by atoms with Crippen LogP contribution in [0.25, 0.3) is 0 Å². The van der Waals surface area contributed by atoms with E-state index in [0.29, 0.717) is 23.5 Å². The summed E-state index contributed by atoms with van der Waals surface area (Å²) in [5.41, 5.74) is 1.92. The molecule has 3 nitrogen and oxygen atoms in total. The fraction of sp³-hybridized carbons (Fsp3) is 0.312. The van der Waals surface area contributed by atoms with Crippen molar-refractivity contribution in [3.8, 4) is 11.5 Å². The zero-order valence-electron chi connectivity index (χ0n) is 11.9. The van der Waals surface area contributed by atoms with E-state index in [0.717, 1.165) is 6.42 Å². The van der Waals surface area contributed by atoms with Crippen LogP contribution in [0.1, 0.15) is 27.2 Å². The van der Waals surface area contributed by atoms with E-state index < -0.39 is 0 Å². The third kappa shape index (κ3) is 3.20. The molecule has 0 atom stereocenters. The number of benzene rings is 1. The normalized spacial score (nSPS) is 10.3. The fourth-order valence-electron chi connectivity index (χ4n) is 2.04. The number of ketones is 1. The van der Waals surface area contributed by atoms with Crippen LogP contribution in [0.15, 0.2) is 29.6 Å². The van der Waals surface area contributed by atoms with Crippen LogP contribution in [0.2, 0.25) is 0 Å². The van der Waals surface area contributed by atoms with E-state index in [1.807, 2.05) is 0 Å². The number of methoxy groups -OCH3 is 2. The third-order valence-corrected chi connectivity index (χ3v) is 4.34. The smallest absolute Gasteiger partial charge is 0.163 e. The van der Waals surface area contributed by atoms with Gasteiger partial charge in [0.2, 0.25) is 0 Å². The van der Waals surface area contributed by atoms with Gasteiger partial charge in [0.25, 0.3) is 0 Å². The SMILES string of the molecule is COc1ccc(C(=O)CCc2sccc2C)cc1OC. The second-order valence-electron chi connectivity index (χ2n) is 4.52. The summed E-state index contributed by atoms with van der Waals surface area (Å²) in [6.45, 7) is 2.08. The minimum atomic E-state index is 0.124. The number of Topliss-reactive ketones (excluding diaryl/α,β-unsaturated/α-hetero) is 1. The van der Waals surface area contributed by atoms with E-state index in [1.54, 1.807) is 43.8 Å². The van der Waals surface area contributed by atoms with E-state index in [-0.39, 0.29) is 5.78 Å². The molecule has 0 aliphatic carbocycles. The molecular weight excluding hydrogens is 272 g/mol. The van der Waals surface area contributed by atoms with E-state index in [9.17, 15) is 4.79 Å². The average molecular weight is 290 g/mol. The maximum absolute atomic E-state index is 12.2. The molecule has 0 aliphatic heterocycles. The Balaban J connectivity index is 2.07. The number of carbonyl (C=O) groups is 1. The van der Waals surface area contributed by atoms with Gasteiger partial charge in [0.15, 0.2) is 17.3 Å². The molecule has 1 aromatic heterocycles. The number of ether oxygens (including phenoxy) is 2. The molecule has 2 aromatic rings. The molecular formula is C16H18O3S. The van der Waals surface area contributed by atoms with Gasteiger partial charge in [-0.25, -0.2) is 0 Å². The number of rotatable bonds is 6. The van der Waals surface area contributed by atoms with Crippen LogP contribution < -0.4 is 9.47 Å². The van der Waals surface area contributed by atoms with Crippen LogP contribution in [0.3, 0.4) is 0 Å². The van der Waals surface area contributed by atoms with Crippen LogP contribution >= 0.6 is 11.3 Å². The molecule has 0 saturated heterocycles. The van der Waals surface area contributed by atoms with Gasteiger partial charge in [-0.2, -0.15) is 0 Å². The predicted molar refractivity (Wildman–Crippen MR) is 81.3 cm³/mol. The quantitative estimate of drug-likeness (QED) is 0.757. The number of thiophene rings is 1. The summed E-state index contributed by atoms with van der Waals surface area (Å²) in [4.78, 5) is 13.5. The van der Waals surface area contributed by atoms with Crippen molar-refractivity contribution in [3.63, 3.8) is 0 Å². The molecule has 1 heterocycles. The van der Waals surface area contributed by atoms with Crippen molar-refractivity contribution in [1.29, 1.82) is 0 Å². The molecule has 20 heavy (non-hydrogen) atoms. The van der Waals surface area contributed by atoms with Crippen LogP contribution in [0.5, 0.6) is 11.5 Å². The number of carbonyl (C=O) groups excluding carboxylic acids is 1. The first-order valence-corrected chi connectivity index (χ1v) is 7.32. The van der Waals surface area contributed by atoms with Crippen molar-refractivity contribution < 1.29 is 14.3 Å². The molecule has 0 amide bonds. The number of hydrogen-bond acceptors (Lipinski definition) is 4. The molecule has 2 rings (SSSR count). The van der Waals surface area contributed by atoms with Crippen LogP contribution in [-0.2, 0) is 6.42 Å². The highest BCUT2D eigenvalue weighted by Crippen LogP contribution is 2.28. The summed E-state index contributed by atoms with van der Waals surface area (Å²) in [6.07, 6.45) is 1.30. The summed E-state index contributed by atoms with van der Waals surface area (Å²) >= 11 is 1.70. The maximum atomic E-state index is 12.2. The van der Waals surface area contributed by atoms with Gasteiger partial charge in [0.1, 0.15) is 0 Å². The van der Waals surface area contributed by atoms with Crippen molar-refractivity contribution in [2.24, 2.45) is 0 Å². The average Bonchev–Trinajstić information content (AvgIpc) is 2.89. The Labute approximate surface area is 123 Å². The Bertz CT molecular complexity index is 602. The lowest BCUT2D eigenvalue weighted by molar-refractivity contribution is 0.0982. The monoisotopic (exact) mass is 290 g/mol. The minimum Gasteiger partial charge on any atom is -0.493 e. The van der Waals surface area contributed by atoms with Crippen LogP contribution in [0.4, 0.5) is 0 Å². The first kappa shape index (κ1) is 14.6. The van der Waals surface area contributed by atoms with Crippen LogP contribution in [0, 0.1) is 6.92 Å². The van der Waals surface area contributed by atoms with Gasteiger partial charge < -0.3 is 9.47 Å². The van der Waals surface area contributed by atoms with Gasteiger partial charge in [-0.15, -0.1) is 11.3 Å². The standard InChI is InChI=1S/C16H18O3S/c1-11-8-9-20-16(11)7-5-13(17)12-4-6-14(18-2)15(10-12)19-3/h4,6,8-10H,5,7H2,1-3H3. The molecule has 106 valence electrons. The highest BCUT2D eigenvalue weighted by atomic mass is 32.1. The lowest BCUT2D eigenvalue weighted by Gasteiger charge is -2.09. The number of aryl methyl sites for hydroxylation is 2. The topological polar surface area (TPSA) is 35.5 Å². The highest BCUT2D eigenvalue weighted by molar-refractivity contribution is 7.10. The zero-order chi connectivity index (χ0) is 14.5. The molecule has 0 aliphatic rings. The second-order valence-corrected chi connectivity index (χ2v) is 5.52. The summed E-state index contributed by atoms with van der Waals surface area (Å²) in [5.74, 6) is 1.35. The first-order valence-electron chi connectivity index (χ1n) is 6.44. The molecule has 0 fully saturated rings. The van der Waals surface area contributed by atoms with E-state index >= 15 is 0 Å². The summed E-state index contributed by atoms with van der Waals surface area (Å²) < 4.78 is 10.4. The van der Waals surface area contributed by atoms with Crippen molar-refractivity contribution in [2.45, 2.75) is 19.8 Å². The lowest BCUT2D eigenvalue weighted by Crippen LogP contribution is -2.02. The molecule has 1 aromatic carbocycles. The molecule has 4 heteroatoms. The summed E-state index contributed by atoms with van der Waals surface area (Å²) in [6, 6.07) is 7.37. The molecule has 0 radical (unpaired) electrons. The van der Waals surface area contributed by atoms with Gasteiger partial charge in [-0.05, 0) is 48.6 Å². The van der Waals surface area contributed by atoms with Crippen molar-refractivity contribution in [2.75, 3.05) is 14.2 Å². The largest absolute Gasteiger partial charge is 0.493 e.